The molecule has 0 aliphatic rings. The number of aromatic nitrogens is 1. The summed E-state index contributed by atoms with van der Waals surface area (Å²) in [5.74, 6) is 0. The highest BCUT2D eigenvalue weighted by Gasteiger charge is 2.18. The molecule has 7 aromatic carbocycles. The summed E-state index contributed by atoms with van der Waals surface area (Å²) in [6, 6.07) is 60.2. The Kier molecular flexibility index (Phi) is 6.16. The Hall–Kier alpha value is -5.73. The van der Waals surface area contributed by atoms with Crippen molar-refractivity contribution < 1.29 is 0 Å². The van der Waals surface area contributed by atoms with Crippen LogP contribution in [0.4, 0.5) is 17.1 Å². The smallest absolute Gasteiger partial charge is 0.0722 e. The summed E-state index contributed by atoms with van der Waals surface area (Å²) in [6.45, 7) is 0. The number of rotatable bonds is 5. The Morgan fingerprint density at radius 3 is 1.40 bits per heavy atom. The molecule has 2 nitrogen and oxygen atoms in total. The number of nitrogens with zero attached hydrogens (tertiary/aromatic N) is 2. The summed E-state index contributed by atoms with van der Waals surface area (Å²) in [5, 5.41) is 6.01. The molecular formula is C41H28N2. The Morgan fingerprint density at radius 2 is 0.814 bits per heavy atom. The van der Waals surface area contributed by atoms with Gasteiger partial charge in [0.05, 0.1) is 11.2 Å². The molecule has 0 unspecified atom stereocenters. The fourth-order valence-electron chi connectivity index (χ4n) is 6.30. The SMILES string of the molecule is c1ccc(N(c2ccccc2)c2ccc(-c3c4ccccc4c(-c4ccc5ccccc5n4)c4ccccc34)cc2)cc1. The number of hydrogen-bond acceptors (Lipinski definition) is 2. The van der Waals surface area contributed by atoms with Crippen LogP contribution in [0.3, 0.4) is 0 Å². The Bertz CT molecular complexity index is 2120. The molecule has 1 aromatic heterocycles. The van der Waals surface area contributed by atoms with Crippen molar-refractivity contribution in [2.24, 2.45) is 0 Å². The molecule has 8 rings (SSSR count). The quantitative estimate of drug-likeness (QED) is 0.199. The lowest BCUT2D eigenvalue weighted by atomic mass is 9.87. The number of hydrogen-bond donors (Lipinski definition) is 0. The van der Waals surface area contributed by atoms with Crippen LogP contribution in [-0.4, -0.2) is 4.98 Å². The average molecular weight is 549 g/mol. The minimum absolute atomic E-state index is 0.995. The molecule has 0 saturated carbocycles. The zero-order valence-electron chi connectivity index (χ0n) is 23.6. The molecule has 202 valence electrons. The molecule has 0 atom stereocenters. The fraction of sp³-hybridized carbons (Fsp3) is 0. The van der Waals surface area contributed by atoms with Gasteiger partial charge >= 0.3 is 0 Å². The van der Waals surface area contributed by atoms with Gasteiger partial charge in [-0.3, -0.25) is 0 Å². The number of anilines is 3. The van der Waals surface area contributed by atoms with Crippen LogP contribution in [0.2, 0.25) is 0 Å². The van der Waals surface area contributed by atoms with E-state index in [0.29, 0.717) is 0 Å². The topological polar surface area (TPSA) is 16.1 Å². The molecule has 1 heterocycles. The molecule has 0 aliphatic heterocycles. The molecular weight excluding hydrogens is 520 g/mol. The first-order valence-corrected chi connectivity index (χ1v) is 14.7. The fourth-order valence-corrected chi connectivity index (χ4v) is 6.30. The van der Waals surface area contributed by atoms with Gasteiger partial charge in [-0.1, -0.05) is 121 Å². The second-order valence-corrected chi connectivity index (χ2v) is 10.8. The Morgan fingerprint density at radius 1 is 0.349 bits per heavy atom. The largest absolute Gasteiger partial charge is 0.311 e. The van der Waals surface area contributed by atoms with E-state index in [1.165, 1.54) is 38.2 Å². The maximum Gasteiger partial charge on any atom is 0.0722 e. The summed E-state index contributed by atoms with van der Waals surface area (Å²) in [7, 11) is 0. The van der Waals surface area contributed by atoms with Crippen molar-refractivity contribution in [3.63, 3.8) is 0 Å². The van der Waals surface area contributed by atoms with E-state index in [0.717, 1.165) is 33.7 Å². The van der Waals surface area contributed by atoms with Crippen LogP contribution in [0, 0.1) is 0 Å². The second-order valence-electron chi connectivity index (χ2n) is 10.8. The first kappa shape index (κ1) is 25.0. The standard InChI is InChI=1S/C41H28N2/c1-3-14-31(15-4-1)43(32-16-5-2-6-17-32)33-26-23-30(24-27-33)40-34-18-8-10-20-36(34)41(37-21-11-9-19-35(37)40)39-28-25-29-13-7-12-22-38(29)42-39/h1-28H. The molecule has 0 spiro atoms. The number of benzene rings is 7. The van der Waals surface area contributed by atoms with Crippen molar-refractivity contribution in [3.8, 4) is 22.4 Å². The van der Waals surface area contributed by atoms with E-state index in [4.69, 9.17) is 4.98 Å². The third kappa shape index (κ3) is 4.41. The Balaban J connectivity index is 1.32. The van der Waals surface area contributed by atoms with E-state index in [2.05, 4.69) is 175 Å². The lowest BCUT2D eigenvalue weighted by Crippen LogP contribution is -2.09. The van der Waals surface area contributed by atoms with Crippen LogP contribution in [0.15, 0.2) is 170 Å². The zero-order valence-corrected chi connectivity index (χ0v) is 23.6. The summed E-state index contributed by atoms with van der Waals surface area (Å²) in [5.41, 5.74) is 8.99. The minimum Gasteiger partial charge on any atom is -0.311 e. The molecule has 2 heteroatoms. The molecule has 0 fully saturated rings. The van der Waals surface area contributed by atoms with Crippen LogP contribution < -0.4 is 4.90 Å². The first-order valence-electron chi connectivity index (χ1n) is 14.7. The number of pyridine rings is 1. The van der Waals surface area contributed by atoms with Crippen LogP contribution in [0.5, 0.6) is 0 Å². The van der Waals surface area contributed by atoms with E-state index < -0.39 is 0 Å². The first-order chi connectivity index (χ1) is 21.3. The van der Waals surface area contributed by atoms with Gasteiger partial charge in [-0.25, -0.2) is 4.98 Å². The highest BCUT2D eigenvalue weighted by Crippen LogP contribution is 2.44. The molecule has 0 aliphatic carbocycles. The van der Waals surface area contributed by atoms with Gasteiger partial charge in [-0.2, -0.15) is 0 Å². The van der Waals surface area contributed by atoms with Crippen molar-refractivity contribution >= 4 is 49.5 Å². The maximum atomic E-state index is 5.13. The van der Waals surface area contributed by atoms with Gasteiger partial charge in [0.2, 0.25) is 0 Å². The maximum absolute atomic E-state index is 5.13. The average Bonchev–Trinajstić information content (AvgIpc) is 3.08. The van der Waals surface area contributed by atoms with Crippen LogP contribution in [-0.2, 0) is 0 Å². The van der Waals surface area contributed by atoms with Crippen molar-refractivity contribution in [1.82, 2.24) is 4.98 Å². The van der Waals surface area contributed by atoms with Crippen LogP contribution >= 0.6 is 0 Å². The normalized spacial score (nSPS) is 11.3. The van der Waals surface area contributed by atoms with Crippen molar-refractivity contribution in [1.29, 1.82) is 0 Å². The van der Waals surface area contributed by atoms with Gasteiger partial charge in [0.1, 0.15) is 0 Å². The molecule has 43 heavy (non-hydrogen) atoms. The lowest BCUT2D eigenvalue weighted by molar-refractivity contribution is 1.28. The number of fused-ring (bicyclic) bond motifs is 3. The Labute approximate surface area is 251 Å². The van der Waals surface area contributed by atoms with Crippen LogP contribution in [0.25, 0.3) is 54.8 Å². The third-order valence-electron chi connectivity index (χ3n) is 8.23. The lowest BCUT2D eigenvalue weighted by Gasteiger charge is -2.25. The van der Waals surface area contributed by atoms with E-state index in [9.17, 15) is 0 Å². The minimum atomic E-state index is 0.995. The summed E-state index contributed by atoms with van der Waals surface area (Å²) in [6.07, 6.45) is 0. The number of para-hydroxylation sites is 3. The van der Waals surface area contributed by atoms with Gasteiger partial charge in [0.25, 0.3) is 0 Å². The molecule has 0 bridgehead atoms. The van der Waals surface area contributed by atoms with Gasteiger partial charge < -0.3 is 4.90 Å². The van der Waals surface area contributed by atoms with Gasteiger partial charge in [0.15, 0.2) is 0 Å². The van der Waals surface area contributed by atoms with E-state index in [-0.39, 0.29) is 0 Å². The molecule has 8 aromatic rings. The van der Waals surface area contributed by atoms with Crippen molar-refractivity contribution in [2.75, 3.05) is 4.90 Å². The molecule has 0 N–H and O–H groups in total. The van der Waals surface area contributed by atoms with Gasteiger partial charge in [-0.15, -0.1) is 0 Å². The third-order valence-corrected chi connectivity index (χ3v) is 8.23. The van der Waals surface area contributed by atoms with Gasteiger partial charge in [0, 0.05) is 28.0 Å². The molecule has 0 saturated heterocycles. The van der Waals surface area contributed by atoms with Crippen molar-refractivity contribution in [3.05, 3.63) is 170 Å². The zero-order chi connectivity index (χ0) is 28.6. The summed E-state index contributed by atoms with van der Waals surface area (Å²) < 4.78 is 0. The highest BCUT2D eigenvalue weighted by atomic mass is 15.1. The van der Waals surface area contributed by atoms with E-state index in [1.807, 2.05) is 0 Å². The summed E-state index contributed by atoms with van der Waals surface area (Å²) in [4.78, 5) is 7.43. The summed E-state index contributed by atoms with van der Waals surface area (Å²) >= 11 is 0. The van der Waals surface area contributed by atoms with Crippen molar-refractivity contribution in [2.45, 2.75) is 0 Å². The van der Waals surface area contributed by atoms with Gasteiger partial charge in [-0.05, 0) is 81.2 Å². The van der Waals surface area contributed by atoms with Crippen LogP contribution in [0.1, 0.15) is 0 Å². The predicted molar refractivity (Wildman–Crippen MR) is 182 cm³/mol. The van der Waals surface area contributed by atoms with E-state index in [1.54, 1.807) is 0 Å². The molecule has 0 amide bonds. The van der Waals surface area contributed by atoms with E-state index >= 15 is 0 Å². The monoisotopic (exact) mass is 548 g/mol. The highest BCUT2D eigenvalue weighted by molar-refractivity contribution is 6.21. The second kappa shape index (κ2) is 10.6. The molecule has 0 radical (unpaired) electrons. The predicted octanol–water partition coefficient (Wildman–Crippen LogP) is 11.3.